The number of aryl methyl sites for hydroxylation is 1. The molecule has 8 heteroatoms. The van der Waals surface area contributed by atoms with Gasteiger partial charge < -0.3 is 4.42 Å². The number of aromatic nitrogens is 2. The molecule has 0 bridgehead atoms. The summed E-state index contributed by atoms with van der Waals surface area (Å²) < 4.78 is 40.9. The molecular formula is C8H4F3KN2OS. The Morgan fingerprint density at radius 3 is 2.50 bits per heavy atom. The molecule has 0 amide bonds. The van der Waals surface area contributed by atoms with Crippen molar-refractivity contribution in [1.82, 2.24) is 10.2 Å². The minimum atomic E-state index is -4.60. The second-order valence-corrected chi connectivity index (χ2v) is 3.65. The van der Waals surface area contributed by atoms with Crippen molar-refractivity contribution >= 4 is 11.3 Å². The van der Waals surface area contributed by atoms with Crippen LogP contribution < -0.4 is 51.4 Å². The number of thiophene rings is 1. The molecule has 80 valence electrons. The summed E-state index contributed by atoms with van der Waals surface area (Å²) in [6.45, 7) is 1.78. The van der Waals surface area contributed by atoms with Gasteiger partial charge in [-0.25, -0.2) is 0 Å². The van der Waals surface area contributed by atoms with Gasteiger partial charge in [-0.1, -0.05) is 11.8 Å². The van der Waals surface area contributed by atoms with Crippen LogP contribution in [0.4, 0.5) is 13.2 Å². The summed E-state index contributed by atoms with van der Waals surface area (Å²) in [6.07, 6.45) is -4.60. The van der Waals surface area contributed by atoms with Gasteiger partial charge in [0.15, 0.2) is 5.89 Å². The molecule has 16 heavy (non-hydrogen) atoms. The molecule has 2 aromatic heterocycles. The first-order valence-corrected chi connectivity index (χ1v) is 4.67. The van der Waals surface area contributed by atoms with Crippen LogP contribution in [0.3, 0.4) is 0 Å². The third-order valence-electron chi connectivity index (χ3n) is 1.55. The molecule has 3 nitrogen and oxygen atoms in total. The fraction of sp³-hybridized carbons (Fsp3) is 0.250. The summed E-state index contributed by atoms with van der Waals surface area (Å²) in [7, 11) is 0. The molecule has 2 heterocycles. The molecular weight excluding hydrogens is 268 g/mol. The van der Waals surface area contributed by atoms with Gasteiger partial charge in [-0.2, -0.15) is 24.8 Å². The van der Waals surface area contributed by atoms with E-state index >= 15 is 0 Å². The van der Waals surface area contributed by atoms with Crippen LogP contribution in [0.1, 0.15) is 11.5 Å². The molecule has 2 rings (SSSR count). The third-order valence-corrected chi connectivity index (χ3v) is 2.48. The molecule has 0 N–H and O–H groups in total. The molecule has 0 saturated heterocycles. The van der Waals surface area contributed by atoms with Crippen molar-refractivity contribution in [3.63, 3.8) is 0 Å². The molecule has 0 atom stereocenters. The van der Waals surface area contributed by atoms with Crippen molar-refractivity contribution in [3.05, 3.63) is 22.9 Å². The van der Waals surface area contributed by atoms with Crippen molar-refractivity contribution in [2.75, 3.05) is 0 Å². The fourth-order valence-corrected chi connectivity index (χ4v) is 1.67. The van der Waals surface area contributed by atoms with Crippen LogP contribution in [-0.2, 0) is 6.18 Å². The summed E-state index contributed by atoms with van der Waals surface area (Å²) in [6, 6.07) is 1.64. The van der Waals surface area contributed by atoms with Crippen molar-refractivity contribution in [3.8, 4) is 10.8 Å². The standard InChI is InChI=1S/C8H4F3N2OS.K/c1-4-2-5(15-3-4)6-12-13-7(14-6)8(9,10)11;/h2H,1H3;/q-1;+1. The number of rotatable bonds is 1. The predicted molar refractivity (Wildman–Crippen MR) is 46.2 cm³/mol. The maximum Gasteiger partial charge on any atom is 1.00 e. The number of hydrogen-bond donors (Lipinski definition) is 0. The Morgan fingerprint density at radius 1 is 1.38 bits per heavy atom. The van der Waals surface area contributed by atoms with E-state index in [9.17, 15) is 13.2 Å². The van der Waals surface area contributed by atoms with E-state index in [1.807, 2.05) is 0 Å². The average Bonchev–Trinajstić information content (AvgIpc) is 2.69. The SMILES string of the molecule is Cc1[c-]sc(-c2nnc(C(F)(F)F)o2)c1.[K+]. The first-order valence-electron chi connectivity index (χ1n) is 3.86. The Hall–Kier alpha value is 0.266. The fourth-order valence-electron chi connectivity index (χ4n) is 0.934. The second kappa shape index (κ2) is 5.28. The predicted octanol–water partition coefficient (Wildman–Crippen LogP) is -0.0705. The molecule has 0 radical (unpaired) electrons. The zero-order chi connectivity index (χ0) is 11.1. The van der Waals surface area contributed by atoms with Gasteiger partial charge in [0.1, 0.15) is 0 Å². The van der Waals surface area contributed by atoms with E-state index in [4.69, 9.17) is 0 Å². The number of alkyl halides is 3. The topological polar surface area (TPSA) is 38.9 Å². The van der Waals surface area contributed by atoms with Crippen LogP contribution in [0.2, 0.25) is 0 Å². The molecule has 0 fully saturated rings. The molecule has 0 unspecified atom stereocenters. The smallest absolute Gasteiger partial charge is 0.425 e. The van der Waals surface area contributed by atoms with Crippen molar-refractivity contribution in [2.24, 2.45) is 0 Å². The van der Waals surface area contributed by atoms with E-state index in [1.165, 1.54) is 0 Å². The minimum absolute atomic E-state index is 0. The summed E-state index contributed by atoms with van der Waals surface area (Å²) in [5.41, 5.74) is 0.821. The summed E-state index contributed by atoms with van der Waals surface area (Å²) in [5.74, 6) is -1.46. The van der Waals surface area contributed by atoms with Crippen LogP contribution in [0.5, 0.6) is 0 Å². The van der Waals surface area contributed by atoms with E-state index in [1.54, 1.807) is 13.0 Å². The summed E-state index contributed by atoms with van der Waals surface area (Å²) in [5, 5.41) is 9.09. The van der Waals surface area contributed by atoms with Gasteiger partial charge in [-0.05, 0) is 0 Å². The maximum absolute atomic E-state index is 12.1. The van der Waals surface area contributed by atoms with Crippen LogP contribution in [-0.4, -0.2) is 10.2 Å². The number of halogens is 3. The molecule has 2 aromatic rings. The van der Waals surface area contributed by atoms with Crippen molar-refractivity contribution < 1.29 is 69.0 Å². The van der Waals surface area contributed by atoms with Gasteiger partial charge in [-0.15, -0.1) is 15.6 Å². The van der Waals surface area contributed by atoms with Crippen molar-refractivity contribution in [2.45, 2.75) is 13.1 Å². The number of hydrogen-bond acceptors (Lipinski definition) is 4. The Labute approximate surface area is 135 Å². The Morgan fingerprint density at radius 2 is 2.06 bits per heavy atom. The number of nitrogens with zero attached hydrogens (tertiary/aromatic N) is 2. The zero-order valence-electron chi connectivity index (χ0n) is 8.42. The normalized spacial score (nSPS) is 11.2. The molecule has 0 aromatic carbocycles. The van der Waals surface area contributed by atoms with E-state index in [0.29, 0.717) is 4.88 Å². The monoisotopic (exact) mass is 272 g/mol. The van der Waals surface area contributed by atoms with Crippen LogP contribution in [0, 0.1) is 12.3 Å². The van der Waals surface area contributed by atoms with Crippen LogP contribution >= 0.6 is 11.3 Å². The third kappa shape index (κ3) is 3.14. The minimum Gasteiger partial charge on any atom is -0.425 e. The first kappa shape index (κ1) is 14.3. The molecule has 0 aliphatic carbocycles. The first-order chi connectivity index (χ1) is 6.97. The second-order valence-electron chi connectivity index (χ2n) is 2.81. The van der Waals surface area contributed by atoms with Gasteiger partial charge in [0, 0.05) is 0 Å². The Balaban J connectivity index is 0.00000128. The Bertz CT molecular complexity index is 480. The maximum atomic E-state index is 12.1. The average molecular weight is 272 g/mol. The Kier molecular flexibility index (Phi) is 4.73. The van der Waals surface area contributed by atoms with Crippen LogP contribution in [0.25, 0.3) is 10.8 Å². The van der Waals surface area contributed by atoms with Gasteiger partial charge >= 0.3 is 63.5 Å². The quantitative estimate of drug-likeness (QED) is 0.539. The molecule has 0 saturated carbocycles. The van der Waals surface area contributed by atoms with Crippen LogP contribution in [0.15, 0.2) is 10.5 Å². The van der Waals surface area contributed by atoms with Gasteiger partial charge in [0.25, 0.3) is 0 Å². The van der Waals surface area contributed by atoms with Crippen molar-refractivity contribution in [1.29, 1.82) is 0 Å². The van der Waals surface area contributed by atoms with Gasteiger partial charge in [-0.3, -0.25) is 11.3 Å². The van der Waals surface area contributed by atoms with E-state index in [2.05, 4.69) is 20.0 Å². The zero-order valence-corrected chi connectivity index (χ0v) is 12.4. The molecule has 0 spiro atoms. The largest absolute Gasteiger partial charge is 1.00 e. The summed E-state index contributed by atoms with van der Waals surface area (Å²) >= 11 is 1.14. The molecule has 0 aliphatic heterocycles. The van der Waals surface area contributed by atoms with E-state index < -0.39 is 12.1 Å². The van der Waals surface area contributed by atoms with E-state index in [-0.39, 0.29) is 57.3 Å². The van der Waals surface area contributed by atoms with E-state index in [0.717, 1.165) is 16.9 Å². The summed E-state index contributed by atoms with van der Waals surface area (Å²) in [4.78, 5) is 0.482. The van der Waals surface area contributed by atoms with Gasteiger partial charge in [0.05, 0.1) is 0 Å². The molecule has 0 aliphatic rings. The van der Waals surface area contributed by atoms with Gasteiger partial charge in [0.2, 0.25) is 0 Å².